The molecular formula is C14H14ClN3O3. The van der Waals surface area contributed by atoms with Crippen molar-refractivity contribution < 1.29 is 9.66 Å². The van der Waals surface area contributed by atoms with Crippen LogP contribution >= 0.6 is 11.6 Å². The number of anilines is 2. The maximum atomic E-state index is 10.6. The van der Waals surface area contributed by atoms with Crippen LogP contribution in [0.2, 0.25) is 5.02 Å². The smallest absolute Gasteiger partial charge is 0.289 e. The number of nitrogens with one attached hydrogen (secondary N) is 1. The highest BCUT2D eigenvalue weighted by Crippen LogP contribution is 2.26. The van der Waals surface area contributed by atoms with Gasteiger partial charge in [-0.2, -0.15) is 0 Å². The van der Waals surface area contributed by atoms with Gasteiger partial charge < -0.3 is 10.1 Å². The first-order chi connectivity index (χ1) is 10.1. The molecule has 0 saturated carbocycles. The second kappa shape index (κ2) is 7.01. The first-order valence-electron chi connectivity index (χ1n) is 6.33. The van der Waals surface area contributed by atoms with Gasteiger partial charge in [-0.05, 0) is 24.6 Å². The zero-order chi connectivity index (χ0) is 15.2. The second-order valence-corrected chi connectivity index (χ2v) is 4.65. The average molecular weight is 308 g/mol. The number of rotatable bonds is 6. The predicted octanol–water partition coefficient (Wildman–Crippen LogP) is 3.92. The van der Waals surface area contributed by atoms with Crippen LogP contribution in [-0.2, 0) is 11.3 Å². The molecule has 2 aromatic rings. The Morgan fingerprint density at radius 3 is 2.67 bits per heavy atom. The minimum absolute atomic E-state index is 0.141. The van der Waals surface area contributed by atoms with Crippen LogP contribution in [0.5, 0.6) is 0 Å². The zero-order valence-electron chi connectivity index (χ0n) is 11.4. The van der Waals surface area contributed by atoms with Crippen molar-refractivity contribution in [2.24, 2.45) is 0 Å². The van der Waals surface area contributed by atoms with Crippen LogP contribution in [0.25, 0.3) is 0 Å². The first-order valence-corrected chi connectivity index (χ1v) is 6.71. The monoisotopic (exact) mass is 307 g/mol. The molecule has 110 valence electrons. The number of ether oxygens (including phenoxy) is 1. The van der Waals surface area contributed by atoms with Crippen molar-refractivity contribution >= 4 is 28.8 Å². The van der Waals surface area contributed by atoms with Crippen LogP contribution in [0.1, 0.15) is 12.5 Å². The summed E-state index contributed by atoms with van der Waals surface area (Å²) in [5, 5.41) is 13.8. The zero-order valence-corrected chi connectivity index (χ0v) is 12.1. The molecule has 0 atom stereocenters. The third-order valence-electron chi connectivity index (χ3n) is 2.73. The lowest BCUT2D eigenvalue weighted by molar-refractivity contribution is -0.385. The molecule has 7 heteroatoms. The molecule has 1 aromatic heterocycles. The molecule has 0 bridgehead atoms. The molecule has 1 aromatic carbocycles. The summed E-state index contributed by atoms with van der Waals surface area (Å²) < 4.78 is 5.31. The van der Waals surface area contributed by atoms with Gasteiger partial charge in [0.2, 0.25) is 0 Å². The van der Waals surface area contributed by atoms with Crippen molar-refractivity contribution in [3.05, 3.63) is 57.2 Å². The summed E-state index contributed by atoms with van der Waals surface area (Å²) in [7, 11) is 0. The largest absolute Gasteiger partial charge is 0.377 e. The predicted molar refractivity (Wildman–Crippen MR) is 81.0 cm³/mol. The summed E-state index contributed by atoms with van der Waals surface area (Å²) in [5.41, 5.74) is 1.71. The number of halogens is 1. The van der Waals surface area contributed by atoms with Crippen molar-refractivity contribution in [1.82, 2.24) is 4.98 Å². The molecule has 0 aliphatic carbocycles. The molecule has 0 fully saturated rings. The molecule has 1 heterocycles. The average Bonchev–Trinajstić information content (AvgIpc) is 2.48. The number of hydrogen-bond donors (Lipinski definition) is 1. The van der Waals surface area contributed by atoms with E-state index in [0.717, 1.165) is 17.4 Å². The number of benzene rings is 1. The molecule has 21 heavy (non-hydrogen) atoms. The van der Waals surface area contributed by atoms with E-state index < -0.39 is 4.92 Å². The maximum Gasteiger partial charge on any atom is 0.289 e. The fourth-order valence-electron chi connectivity index (χ4n) is 1.66. The highest BCUT2D eigenvalue weighted by molar-refractivity contribution is 6.33. The van der Waals surface area contributed by atoms with Gasteiger partial charge in [-0.3, -0.25) is 10.1 Å². The quantitative estimate of drug-likeness (QED) is 0.646. The number of hydrogen-bond acceptors (Lipinski definition) is 5. The normalized spacial score (nSPS) is 10.4. The standard InChI is InChI=1S/C14H14ClN3O3/c1-2-21-9-10-3-5-11(6-4-10)17-14-13(15)7-12(8-16-14)18(19)20/h3-8H,2,9H2,1H3,(H,16,17). The number of pyridine rings is 1. The van der Waals surface area contributed by atoms with E-state index in [-0.39, 0.29) is 10.7 Å². The van der Waals surface area contributed by atoms with Crippen molar-refractivity contribution in [1.29, 1.82) is 0 Å². The van der Waals surface area contributed by atoms with E-state index in [0.29, 0.717) is 19.0 Å². The summed E-state index contributed by atoms with van der Waals surface area (Å²) in [6, 6.07) is 8.86. The molecule has 0 aliphatic rings. The molecule has 0 saturated heterocycles. The lowest BCUT2D eigenvalue weighted by atomic mass is 10.2. The van der Waals surface area contributed by atoms with Gasteiger partial charge in [-0.15, -0.1) is 0 Å². The van der Waals surface area contributed by atoms with Crippen LogP contribution in [0.3, 0.4) is 0 Å². The molecule has 0 amide bonds. The Morgan fingerprint density at radius 1 is 1.38 bits per heavy atom. The Hall–Kier alpha value is -2.18. The van der Waals surface area contributed by atoms with Gasteiger partial charge >= 0.3 is 0 Å². The van der Waals surface area contributed by atoms with Gasteiger partial charge in [-0.1, -0.05) is 23.7 Å². The van der Waals surface area contributed by atoms with E-state index in [9.17, 15) is 10.1 Å². The molecular weight excluding hydrogens is 294 g/mol. The van der Waals surface area contributed by atoms with E-state index in [1.807, 2.05) is 31.2 Å². The minimum atomic E-state index is -0.537. The number of nitro groups is 1. The maximum absolute atomic E-state index is 10.6. The summed E-state index contributed by atoms with van der Waals surface area (Å²) in [6.07, 6.45) is 1.16. The minimum Gasteiger partial charge on any atom is -0.377 e. The molecule has 0 aliphatic heterocycles. The molecule has 2 rings (SSSR count). The highest BCUT2D eigenvalue weighted by Gasteiger charge is 2.10. The SMILES string of the molecule is CCOCc1ccc(Nc2ncc([N+](=O)[O-])cc2Cl)cc1. The van der Waals surface area contributed by atoms with Crippen LogP contribution in [0, 0.1) is 10.1 Å². The van der Waals surface area contributed by atoms with Crippen molar-refractivity contribution in [2.75, 3.05) is 11.9 Å². The summed E-state index contributed by atoms with van der Waals surface area (Å²) >= 11 is 5.97. The van der Waals surface area contributed by atoms with Gasteiger partial charge in [-0.25, -0.2) is 4.98 Å². The van der Waals surface area contributed by atoms with Crippen LogP contribution < -0.4 is 5.32 Å². The lowest BCUT2D eigenvalue weighted by Gasteiger charge is -2.08. The van der Waals surface area contributed by atoms with Crippen LogP contribution in [0.15, 0.2) is 36.5 Å². The van der Waals surface area contributed by atoms with Gasteiger partial charge in [0.05, 0.1) is 16.6 Å². The van der Waals surface area contributed by atoms with Crippen molar-refractivity contribution in [2.45, 2.75) is 13.5 Å². The summed E-state index contributed by atoms with van der Waals surface area (Å²) in [6.45, 7) is 3.17. The van der Waals surface area contributed by atoms with Crippen LogP contribution in [0.4, 0.5) is 17.2 Å². The Bertz CT molecular complexity index is 632. The Labute approximate surface area is 126 Å². The first kappa shape index (κ1) is 15.2. The Morgan fingerprint density at radius 2 is 2.10 bits per heavy atom. The van der Waals surface area contributed by atoms with Crippen molar-refractivity contribution in [3.8, 4) is 0 Å². The Balaban J connectivity index is 2.09. The third-order valence-corrected chi connectivity index (χ3v) is 3.02. The van der Waals surface area contributed by atoms with Gasteiger partial charge in [0.1, 0.15) is 12.0 Å². The van der Waals surface area contributed by atoms with E-state index in [2.05, 4.69) is 10.3 Å². The van der Waals surface area contributed by atoms with Crippen LogP contribution in [-0.4, -0.2) is 16.5 Å². The topological polar surface area (TPSA) is 77.3 Å². The third kappa shape index (κ3) is 4.14. The molecule has 0 unspecified atom stereocenters. The lowest BCUT2D eigenvalue weighted by Crippen LogP contribution is -1.97. The molecule has 6 nitrogen and oxygen atoms in total. The second-order valence-electron chi connectivity index (χ2n) is 4.24. The highest BCUT2D eigenvalue weighted by atomic mass is 35.5. The molecule has 0 radical (unpaired) electrons. The summed E-state index contributed by atoms with van der Waals surface area (Å²) in [5.74, 6) is 0.375. The summed E-state index contributed by atoms with van der Waals surface area (Å²) in [4.78, 5) is 14.0. The molecule has 0 spiro atoms. The van der Waals surface area contributed by atoms with Gasteiger partial charge in [0, 0.05) is 18.4 Å². The van der Waals surface area contributed by atoms with Crippen molar-refractivity contribution in [3.63, 3.8) is 0 Å². The number of nitrogens with zero attached hydrogens (tertiary/aromatic N) is 2. The fraction of sp³-hybridized carbons (Fsp3) is 0.214. The Kier molecular flexibility index (Phi) is 5.08. The van der Waals surface area contributed by atoms with E-state index in [1.165, 1.54) is 6.07 Å². The van der Waals surface area contributed by atoms with E-state index in [4.69, 9.17) is 16.3 Å². The van der Waals surface area contributed by atoms with E-state index in [1.54, 1.807) is 0 Å². The number of aromatic nitrogens is 1. The fourth-order valence-corrected chi connectivity index (χ4v) is 1.87. The van der Waals surface area contributed by atoms with Gasteiger partial charge in [0.25, 0.3) is 5.69 Å². The molecule has 1 N–H and O–H groups in total. The van der Waals surface area contributed by atoms with Gasteiger partial charge in [0.15, 0.2) is 0 Å². The van der Waals surface area contributed by atoms with E-state index >= 15 is 0 Å².